The number of nitrogens with one attached hydrogen (secondary N) is 1. The van der Waals surface area contributed by atoms with Gasteiger partial charge in [0.15, 0.2) is 6.29 Å². The van der Waals surface area contributed by atoms with E-state index in [2.05, 4.69) is 24.1 Å². The number of aryl methyl sites for hydroxylation is 1. The molecular weight excluding hydrogens is 240 g/mol. The van der Waals surface area contributed by atoms with Crippen LogP contribution >= 0.6 is 0 Å². The zero-order valence-electron chi connectivity index (χ0n) is 12.5. The molecule has 0 spiro atoms. The van der Waals surface area contributed by atoms with Crippen LogP contribution in [0.1, 0.15) is 44.4 Å². The summed E-state index contributed by atoms with van der Waals surface area (Å²) in [6.07, 6.45) is 4.50. The molecule has 0 aromatic carbocycles. The van der Waals surface area contributed by atoms with Crippen LogP contribution in [0, 0.1) is 6.92 Å². The van der Waals surface area contributed by atoms with Gasteiger partial charge >= 0.3 is 0 Å². The van der Waals surface area contributed by atoms with E-state index in [0.29, 0.717) is 13.2 Å². The molecule has 4 heteroatoms. The maximum absolute atomic E-state index is 5.74. The summed E-state index contributed by atoms with van der Waals surface area (Å²) in [4.78, 5) is 4.23. The summed E-state index contributed by atoms with van der Waals surface area (Å²) >= 11 is 0. The molecule has 1 aromatic heterocycles. The molecule has 108 valence electrons. The van der Waals surface area contributed by atoms with Crippen molar-refractivity contribution in [3.05, 3.63) is 29.6 Å². The molecule has 0 amide bonds. The van der Waals surface area contributed by atoms with Gasteiger partial charge in [0.25, 0.3) is 0 Å². The number of hydrogen-bond donors (Lipinski definition) is 1. The van der Waals surface area contributed by atoms with Crippen molar-refractivity contribution >= 4 is 0 Å². The van der Waals surface area contributed by atoms with E-state index in [4.69, 9.17) is 9.47 Å². The standard InChI is InChI=1S/C15H26N2O2/c1-5-9-17-14(15(18-6-2)19-7-3)13-11-16-10-8-12(13)4/h8,10-11,14-15,17H,5-7,9H2,1-4H3. The lowest BCUT2D eigenvalue weighted by Crippen LogP contribution is -2.37. The van der Waals surface area contributed by atoms with Crippen LogP contribution in [0.25, 0.3) is 0 Å². The van der Waals surface area contributed by atoms with Gasteiger partial charge in [-0.15, -0.1) is 0 Å². The Kier molecular flexibility index (Phi) is 7.63. The molecule has 0 saturated heterocycles. The normalized spacial score (nSPS) is 12.9. The predicted octanol–water partition coefficient (Wildman–Crippen LogP) is 2.83. The van der Waals surface area contributed by atoms with Gasteiger partial charge in [0.2, 0.25) is 0 Å². The number of ether oxygens (including phenoxy) is 2. The Morgan fingerprint density at radius 1 is 1.21 bits per heavy atom. The van der Waals surface area contributed by atoms with Gasteiger partial charge in [-0.25, -0.2) is 0 Å². The summed E-state index contributed by atoms with van der Waals surface area (Å²) in [5.74, 6) is 0. The fourth-order valence-corrected chi connectivity index (χ4v) is 2.02. The number of aromatic nitrogens is 1. The second kappa shape index (κ2) is 9.02. The van der Waals surface area contributed by atoms with Crippen molar-refractivity contribution in [2.24, 2.45) is 0 Å². The van der Waals surface area contributed by atoms with Crippen molar-refractivity contribution < 1.29 is 9.47 Å². The van der Waals surface area contributed by atoms with Crippen molar-refractivity contribution in [3.8, 4) is 0 Å². The lowest BCUT2D eigenvalue weighted by Gasteiger charge is -2.28. The summed E-state index contributed by atoms with van der Waals surface area (Å²) in [7, 11) is 0. The number of pyridine rings is 1. The van der Waals surface area contributed by atoms with Gasteiger partial charge in [0, 0.05) is 25.6 Å². The molecule has 0 fully saturated rings. The number of nitrogens with zero attached hydrogens (tertiary/aromatic N) is 1. The molecule has 1 heterocycles. The molecule has 1 aromatic rings. The van der Waals surface area contributed by atoms with E-state index < -0.39 is 0 Å². The molecule has 1 atom stereocenters. The summed E-state index contributed by atoms with van der Waals surface area (Å²) < 4.78 is 11.5. The van der Waals surface area contributed by atoms with Crippen molar-refractivity contribution in [2.45, 2.75) is 46.4 Å². The van der Waals surface area contributed by atoms with E-state index in [0.717, 1.165) is 18.5 Å². The molecule has 4 nitrogen and oxygen atoms in total. The first-order valence-electron chi connectivity index (χ1n) is 7.11. The zero-order chi connectivity index (χ0) is 14.1. The first kappa shape index (κ1) is 16.1. The summed E-state index contributed by atoms with van der Waals surface area (Å²) in [5.41, 5.74) is 2.34. The fourth-order valence-electron chi connectivity index (χ4n) is 2.02. The Labute approximate surface area is 116 Å². The topological polar surface area (TPSA) is 43.4 Å². The van der Waals surface area contributed by atoms with Crippen LogP contribution in [0.15, 0.2) is 18.5 Å². The SMILES string of the molecule is CCCNC(c1cnccc1C)C(OCC)OCC. The highest BCUT2D eigenvalue weighted by Gasteiger charge is 2.25. The molecule has 0 aliphatic carbocycles. The van der Waals surface area contributed by atoms with Gasteiger partial charge in [-0.1, -0.05) is 6.92 Å². The molecule has 0 radical (unpaired) electrons. The third kappa shape index (κ3) is 4.90. The Bertz CT molecular complexity index is 352. The Morgan fingerprint density at radius 3 is 2.42 bits per heavy atom. The van der Waals surface area contributed by atoms with Crippen LogP contribution in [0.4, 0.5) is 0 Å². The maximum atomic E-state index is 5.74. The quantitative estimate of drug-likeness (QED) is 0.698. The fraction of sp³-hybridized carbons (Fsp3) is 0.667. The van der Waals surface area contributed by atoms with E-state index in [1.165, 1.54) is 5.56 Å². The van der Waals surface area contributed by atoms with Crippen LogP contribution < -0.4 is 5.32 Å². The average Bonchev–Trinajstić information content (AvgIpc) is 2.41. The van der Waals surface area contributed by atoms with Crippen molar-refractivity contribution in [3.63, 3.8) is 0 Å². The highest BCUT2D eigenvalue weighted by Crippen LogP contribution is 2.23. The molecule has 0 aliphatic rings. The lowest BCUT2D eigenvalue weighted by molar-refractivity contribution is -0.155. The summed E-state index contributed by atoms with van der Waals surface area (Å²) in [6.45, 7) is 10.4. The smallest absolute Gasteiger partial charge is 0.176 e. The van der Waals surface area contributed by atoms with Crippen molar-refractivity contribution in [1.29, 1.82) is 0 Å². The molecule has 1 rings (SSSR count). The minimum Gasteiger partial charge on any atom is -0.351 e. The van der Waals surface area contributed by atoms with E-state index in [1.807, 2.05) is 32.3 Å². The van der Waals surface area contributed by atoms with Crippen LogP contribution in [0.5, 0.6) is 0 Å². The molecule has 1 N–H and O–H groups in total. The Hall–Kier alpha value is -0.970. The van der Waals surface area contributed by atoms with Gasteiger partial charge in [-0.05, 0) is 50.9 Å². The van der Waals surface area contributed by atoms with Gasteiger partial charge in [0.05, 0.1) is 6.04 Å². The molecule has 0 saturated carbocycles. The third-order valence-corrected chi connectivity index (χ3v) is 2.96. The van der Waals surface area contributed by atoms with Gasteiger partial charge < -0.3 is 14.8 Å². The molecule has 19 heavy (non-hydrogen) atoms. The van der Waals surface area contributed by atoms with Crippen LogP contribution in [-0.4, -0.2) is 31.0 Å². The average molecular weight is 266 g/mol. The monoisotopic (exact) mass is 266 g/mol. The van der Waals surface area contributed by atoms with Crippen LogP contribution in [0.2, 0.25) is 0 Å². The first-order chi connectivity index (χ1) is 9.24. The van der Waals surface area contributed by atoms with Gasteiger partial charge in [0.1, 0.15) is 0 Å². The predicted molar refractivity (Wildman–Crippen MR) is 77.0 cm³/mol. The second-order valence-corrected chi connectivity index (χ2v) is 4.44. The van der Waals surface area contributed by atoms with Crippen molar-refractivity contribution in [1.82, 2.24) is 10.3 Å². The number of rotatable bonds is 9. The Balaban J connectivity index is 2.94. The van der Waals surface area contributed by atoms with Gasteiger partial charge in [-0.2, -0.15) is 0 Å². The minimum absolute atomic E-state index is 0.0218. The molecule has 1 unspecified atom stereocenters. The highest BCUT2D eigenvalue weighted by molar-refractivity contribution is 5.25. The third-order valence-electron chi connectivity index (χ3n) is 2.96. The lowest BCUT2D eigenvalue weighted by atomic mass is 10.0. The first-order valence-corrected chi connectivity index (χ1v) is 7.11. The minimum atomic E-state index is -0.274. The molecule has 0 bridgehead atoms. The van der Waals surface area contributed by atoms with E-state index in [9.17, 15) is 0 Å². The summed E-state index contributed by atoms with van der Waals surface area (Å²) in [5, 5.41) is 3.51. The largest absolute Gasteiger partial charge is 0.351 e. The van der Waals surface area contributed by atoms with Crippen LogP contribution in [-0.2, 0) is 9.47 Å². The number of hydrogen-bond acceptors (Lipinski definition) is 4. The summed E-state index contributed by atoms with van der Waals surface area (Å²) in [6, 6.07) is 2.04. The van der Waals surface area contributed by atoms with Gasteiger partial charge in [-0.3, -0.25) is 4.98 Å². The van der Waals surface area contributed by atoms with E-state index in [-0.39, 0.29) is 12.3 Å². The second-order valence-electron chi connectivity index (χ2n) is 4.44. The molecule has 0 aliphatic heterocycles. The Morgan fingerprint density at radius 2 is 1.89 bits per heavy atom. The van der Waals surface area contributed by atoms with Crippen LogP contribution in [0.3, 0.4) is 0 Å². The van der Waals surface area contributed by atoms with Crippen molar-refractivity contribution in [2.75, 3.05) is 19.8 Å². The molecular formula is C15H26N2O2. The van der Waals surface area contributed by atoms with E-state index in [1.54, 1.807) is 0 Å². The maximum Gasteiger partial charge on any atom is 0.176 e. The highest BCUT2D eigenvalue weighted by atomic mass is 16.7. The van der Waals surface area contributed by atoms with E-state index >= 15 is 0 Å². The zero-order valence-corrected chi connectivity index (χ0v) is 12.5.